The lowest BCUT2D eigenvalue weighted by atomic mass is 9.95. The Labute approximate surface area is 320 Å². The number of hydrogen-bond donors (Lipinski definition) is 0. The number of para-hydroxylation sites is 4. The molecule has 0 radical (unpaired) electrons. The second kappa shape index (κ2) is 14.1. The van der Waals surface area contributed by atoms with Crippen LogP contribution in [0.1, 0.15) is 20.8 Å². The lowest BCUT2D eigenvalue weighted by Crippen LogP contribution is -2.17. The van der Waals surface area contributed by atoms with Crippen LogP contribution in [0, 0.1) is 5.41 Å². The van der Waals surface area contributed by atoms with Crippen LogP contribution in [-0.4, -0.2) is 20.1 Å². The molecule has 0 aliphatic carbocycles. The molecule has 0 unspecified atom stereocenters. The molecule has 0 spiro atoms. The maximum atomic E-state index is 5.17. The van der Waals surface area contributed by atoms with E-state index in [9.17, 15) is 0 Å². The van der Waals surface area contributed by atoms with Crippen LogP contribution in [-0.2, 0) is 6.54 Å². The molecule has 9 aromatic rings. The van der Waals surface area contributed by atoms with Crippen LogP contribution in [0.4, 0.5) is 34.1 Å². The molecule has 0 bridgehead atoms. The Hall–Kier alpha value is -7.06. The van der Waals surface area contributed by atoms with Crippen molar-refractivity contribution in [1.29, 1.82) is 0 Å². The van der Waals surface area contributed by atoms with Gasteiger partial charge in [0, 0.05) is 56.3 Å². The maximum Gasteiger partial charge on any atom is 0.122 e. The highest BCUT2D eigenvalue weighted by Crippen LogP contribution is 2.43. The zero-order valence-corrected chi connectivity index (χ0v) is 31.0. The first-order chi connectivity index (χ1) is 26.9. The van der Waals surface area contributed by atoms with Gasteiger partial charge >= 0.3 is 0 Å². The van der Waals surface area contributed by atoms with Gasteiger partial charge in [0.25, 0.3) is 0 Å². The predicted octanol–water partition coefficient (Wildman–Crippen LogP) is 11.1. The highest BCUT2D eigenvalue weighted by Gasteiger charge is 2.24. The van der Waals surface area contributed by atoms with Crippen molar-refractivity contribution >= 4 is 56.2 Å². The van der Waals surface area contributed by atoms with Gasteiger partial charge in [0.15, 0.2) is 0 Å². The van der Waals surface area contributed by atoms with Gasteiger partial charge < -0.3 is 9.80 Å². The Morgan fingerprint density at radius 1 is 0.473 bits per heavy atom. The third kappa shape index (κ3) is 6.59. The van der Waals surface area contributed by atoms with E-state index < -0.39 is 0 Å². The number of benzene rings is 7. The minimum atomic E-state index is -0.0334. The fourth-order valence-corrected chi connectivity index (χ4v) is 7.29. The molecule has 7 aromatic carbocycles. The van der Waals surface area contributed by atoms with Crippen molar-refractivity contribution in [2.75, 3.05) is 9.80 Å². The molecule has 0 aliphatic heterocycles. The van der Waals surface area contributed by atoms with Gasteiger partial charge in [-0.2, -0.15) is 30.4 Å². The Morgan fingerprint density at radius 3 is 1.24 bits per heavy atom. The summed E-state index contributed by atoms with van der Waals surface area (Å²) >= 11 is 0. The van der Waals surface area contributed by atoms with E-state index in [4.69, 9.17) is 20.4 Å². The van der Waals surface area contributed by atoms with Crippen LogP contribution in [0.2, 0.25) is 0 Å². The Balaban J connectivity index is 1.18. The largest absolute Gasteiger partial charge is 0.311 e. The van der Waals surface area contributed by atoms with E-state index in [0.29, 0.717) is 6.54 Å². The number of H-pyrrole nitrogens is 1. The van der Waals surface area contributed by atoms with Crippen molar-refractivity contribution < 1.29 is 5.21 Å². The van der Waals surface area contributed by atoms with Crippen molar-refractivity contribution in [2.24, 2.45) is 5.41 Å². The highest BCUT2D eigenvalue weighted by atomic mass is 15.5. The molecule has 8 heteroatoms. The maximum absolute atomic E-state index is 5.17. The van der Waals surface area contributed by atoms with Crippen LogP contribution in [0.15, 0.2) is 170 Å². The quantitative estimate of drug-likeness (QED) is 0.148. The number of aromatic nitrogens is 6. The highest BCUT2D eigenvalue weighted by molar-refractivity contribution is 6.16. The fraction of sp³-hybridized carbons (Fsp3) is 0.106. The number of fused-ring (bicyclic) bond motifs is 2. The average molecular weight is 717 g/mol. The van der Waals surface area contributed by atoms with E-state index in [0.717, 1.165) is 78.4 Å². The molecular formula is C47H40N8. The molecule has 1 N–H and O–H groups in total. The molecule has 0 saturated carbocycles. The minimum Gasteiger partial charge on any atom is -0.311 e. The summed E-state index contributed by atoms with van der Waals surface area (Å²) in [5, 5.41) is 22.8. The summed E-state index contributed by atoms with van der Waals surface area (Å²) in [4.78, 5) is 6.35. The van der Waals surface area contributed by atoms with Crippen molar-refractivity contribution in [3.8, 4) is 22.3 Å². The molecule has 0 atom stereocenters. The average Bonchev–Trinajstić information content (AvgIpc) is 3.86. The van der Waals surface area contributed by atoms with E-state index in [2.05, 4.69) is 181 Å². The van der Waals surface area contributed by atoms with E-state index in [-0.39, 0.29) is 5.41 Å². The third-order valence-electron chi connectivity index (χ3n) is 9.65. The number of nitrogens with zero attached hydrogens (tertiary/aromatic N) is 7. The van der Waals surface area contributed by atoms with Gasteiger partial charge in [0.1, 0.15) is 11.0 Å². The number of anilines is 6. The molecule has 0 amide bonds. The van der Waals surface area contributed by atoms with Gasteiger partial charge in [-0.05, 0) is 89.3 Å². The van der Waals surface area contributed by atoms with E-state index >= 15 is 0 Å². The van der Waals surface area contributed by atoms with Crippen LogP contribution in [0.25, 0.3) is 44.3 Å². The number of hydrogen-bond acceptors (Lipinski definition) is 5. The SMILES string of the molecule is CC(C)(C)Cn1nc2c(-c3ccc(N(c4ccccc4)c4ccccc4)cc3)c3n[nH+][n-]c3c(-c3ccc(N(c4ccccc4)c4ccccc4)cc3)c2n1. The first kappa shape index (κ1) is 33.8. The molecule has 0 saturated heterocycles. The van der Waals surface area contributed by atoms with Crippen LogP contribution in [0.3, 0.4) is 0 Å². The Morgan fingerprint density at radius 2 is 0.836 bits per heavy atom. The van der Waals surface area contributed by atoms with Gasteiger partial charge in [-0.1, -0.05) is 118 Å². The molecule has 9 rings (SSSR count). The van der Waals surface area contributed by atoms with Crippen LogP contribution < -0.4 is 20.1 Å². The molecule has 0 aliphatic rings. The van der Waals surface area contributed by atoms with E-state index in [1.807, 2.05) is 29.1 Å². The van der Waals surface area contributed by atoms with Crippen molar-refractivity contribution in [3.05, 3.63) is 170 Å². The number of nitrogens with one attached hydrogen (secondary N) is 1. The molecule has 55 heavy (non-hydrogen) atoms. The molecule has 0 fully saturated rings. The van der Waals surface area contributed by atoms with Gasteiger partial charge in [0.2, 0.25) is 0 Å². The van der Waals surface area contributed by atoms with Gasteiger partial charge in [-0.25, -0.2) is 0 Å². The third-order valence-corrected chi connectivity index (χ3v) is 9.65. The van der Waals surface area contributed by atoms with Crippen LogP contribution in [0.5, 0.6) is 0 Å². The normalized spacial score (nSPS) is 11.6. The summed E-state index contributed by atoms with van der Waals surface area (Å²) < 4.78 is 0. The molecule has 2 heterocycles. The van der Waals surface area contributed by atoms with Gasteiger partial charge in [-0.3, -0.25) is 0 Å². The Bertz CT molecular complexity index is 2420. The topological polar surface area (TPSA) is 78.3 Å². The minimum absolute atomic E-state index is 0.0334. The van der Waals surface area contributed by atoms with Gasteiger partial charge in [0.05, 0.1) is 6.54 Å². The number of aromatic amines is 1. The van der Waals surface area contributed by atoms with Gasteiger partial charge in [-0.15, -0.1) is 0 Å². The standard InChI is InChI=1S/C47H40N8/c1-47(2,3)32-53-50-45-41(33-24-28-39(29-25-33)54(35-16-8-4-9-17-35)36-18-10-5-11-19-36)43-44(49-52-48-43)42(46(45)51-53)34-26-30-40(31-27-34)55(37-20-12-6-13-21-37)38-22-14-7-15-23-38/h4-31,52H,32H2,1-3H3. The fourth-order valence-electron chi connectivity index (χ4n) is 7.29. The smallest absolute Gasteiger partial charge is 0.122 e. The lowest BCUT2D eigenvalue weighted by molar-refractivity contribution is -0.519. The summed E-state index contributed by atoms with van der Waals surface area (Å²) in [7, 11) is 0. The first-order valence-corrected chi connectivity index (χ1v) is 18.5. The lowest BCUT2D eigenvalue weighted by Gasteiger charge is -2.25. The number of rotatable bonds is 9. The Kier molecular flexibility index (Phi) is 8.63. The molecule has 8 nitrogen and oxygen atoms in total. The molecular weight excluding hydrogens is 677 g/mol. The second-order valence-corrected chi connectivity index (χ2v) is 14.9. The molecule has 2 aromatic heterocycles. The van der Waals surface area contributed by atoms with E-state index in [1.54, 1.807) is 0 Å². The zero-order valence-electron chi connectivity index (χ0n) is 31.0. The summed E-state index contributed by atoms with van der Waals surface area (Å²) in [6.07, 6.45) is 0. The van der Waals surface area contributed by atoms with Crippen LogP contribution >= 0.6 is 0 Å². The molecule has 268 valence electrons. The second-order valence-electron chi connectivity index (χ2n) is 14.9. The summed E-state index contributed by atoms with van der Waals surface area (Å²) in [6.45, 7) is 7.25. The summed E-state index contributed by atoms with van der Waals surface area (Å²) in [5.41, 5.74) is 13.2. The van der Waals surface area contributed by atoms with Crippen molar-refractivity contribution in [1.82, 2.24) is 25.2 Å². The summed E-state index contributed by atoms with van der Waals surface area (Å²) in [5.74, 6) is 0. The predicted molar refractivity (Wildman–Crippen MR) is 222 cm³/mol. The first-order valence-electron chi connectivity index (χ1n) is 18.5. The summed E-state index contributed by atoms with van der Waals surface area (Å²) in [6, 6.07) is 58.9. The monoisotopic (exact) mass is 716 g/mol. The van der Waals surface area contributed by atoms with Crippen molar-refractivity contribution in [3.63, 3.8) is 0 Å². The van der Waals surface area contributed by atoms with E-state index in [1.165, 1.54) is 0 Å². The zero-order chi connectivity index (χ0) is 37.4. The van der Waals surface area contributed by atoms with Crippen molar-refractivity contribution in [2.45, 2.75) is 27.3 Å².